The largest absolute Gasteiger partial charge is 0.465 e. The van der Waals surface area contributed by atoms with Crippen LogP contribution in [0.1, 0.15) is 37.6 Å². The van der Waals surface area contributed by atoms with Crippen LogP contribution in [0, 0.1) is 5.82 Å². The van der Waals surface area contributed by atoms with E-state index in [1.54, 1.807) is 18.2 Å². The summed E-state index contributed by atoms with van der Waals surface area (Å²) in [7, 11) is 2.35. The molecule has 2 aromatic rings. The molecule has 7 nitrogen and oxygen atoms in total. The van der Waals surface area contributed by atoms with E-state index in [1.807, 2.05) is 0 Å². The molecule has 0 unspecified atom stereocenters. The van der Waals surface area contributed by atoms with Crippen molar-refractivity contribution in [1.29, 1.82) is 0 Å². The van der Waals surface area contributed by atoms with Gasteiger partial charge in [-0.2, -0.15) is 0 Å². The molecular weight excluding hydrogens is 377 g/mol. The molecule has 0 saturated carbocycles. The van der Waals surface area contributed by atoms with E-state index in [-0.39, 0.29) is 40.5 Å². The second kappa shape index (κ2) is 9.13. The first-order valence-corrected chi connectivity index (χ1v) is 8.67. The molecule has 2 rings (SSSR count). The SMILES string of the molecule is COC(=O)c1sc(N)c(C(=O)OC)c1COC(=O)CCc1ccccc1F. The maximum atomic E-state index is 13.6. The van der Waals surface area contributed by atoms with Crippen LogP contribution in [0.3, 0.4) is 0 Å². The molecule has 9 heteroatoms. The van der Waals surface area contributed by atoms with Gasteiger partial charge >= 0.3 is 17.9 Å². The third-order valence-electron chi connectivity index (χ3n) is 3.73. The summed E-state index contributed by atoms with van der Waals surface area (Å²) in [5.74, 6) is -2.48. The average Bonchev–Trinajstić information content (AvgIpc) is 3.00. The third-order valence-corrected chi connectivity index (χ3v) is 4.77. The number of anilines is 1. The molecule has 0 spiro atoms. The Morgan fingerprint density at radius 3 is 2.41 bits per heavy atom. The summed E-state index contributed by atoms with van der Waals surface area (Å²) >= 11 is 0.843. The van der Waals surface area contributed by atoms with Gasteiger partial charge < -0.3 is 19.9 Å². The van der Waals surface area contributed by atoms with Gasteiger partial charge in [-0.3, -0.25) is 4.79 Å². The van der Waals surface area contributed by atoms with Crippen molar-refractivity contribution in [3.8, 4) is 0 Å². The second-order valence-electron chi connectivity index (χ2n) is 5.38. The van der Waals surface area contributed by atoms with E-state index >= 15 is 0 Å². The number of halogens is 1. The molecule has 1 aromatic heterocycles. The van der Waals surface area contributed by atoms with Gasteiger partial charge in [-0.15, -0.1) is 11.3 Å². The van der Waals surface area contributed by atoms with Crippen molar-refractivity contribution in [2.75, 3.05) is 20.0 Å². The molecule has 1 aromatic carbocycles. The zero-order valence-corrected chi connectivity index (χ0v) is 15.6. The first kappa shape index (κ1) is 20.4. The number of esters is 3. The molecule has 27 heavy (non-hydrogen) atoms. The Morgan fingerprint density at radius 2 is 1.78 bits per heavy atom. The van der Waals surface area contributed by atoms with Gasteiger partial charge in [-0.05, 0) is 18.1 Å². The fourth-order valence-corrected chi connectivity index (χ4v) is 3.35. The summed E-state index contributed by atoms with van der Waals surface area (Å²) in [4.78, 5) is 35.9. The molecule has 0 aliphatic rings. The number of hydrogen-bond acceptors (Lipinski definition) is 8. The van der Waals surface area contributed by atoms with Crippen molar-refractivity contribution in [2.24, 2.45) is 0 Å². The smallest absolute Gasteiger partial charge is 0.348 e. The number of aryl methyl sites for hydroxylation is 1. The monoisotopic (exact) mass is 395 g/mol. The summed E-state index contributed by atoms with van der Waals surface area (Å²) in [6.07, 6.45) is 0.0899. The predicted molar refractivity (Wildman–Crippen MR) is 95.9 cm³/mol. The summed E-state index contributed by atoms with van der Waals surface area (Å²) in [5.41, 5.74) is 6.27. The molecule has 0 aliphatic heterocycles. The summed E-state index contributed by atoms with van der Waals surface area (Å²) in [6.45, 7) is -0.362. The van der Waals surface area contributed by atoms with Crippen molar-refractivity contribution in [3.63, 3.8) is 0 Å². The Morgan fingerprint density at radius 1 is 1.11 bits per heavy atom. The van der Waals surface area contributed by atoms with Crippen LogP contribution < -0.4 is 5.73 Å². The van der Waals surface area contributed by atoms with Crippen molar-refractivity contribution >= 4 is 34.2 Å². The Kier molecular flexibility index (Phi) is 6.89. The Hall–Kier alpha value is -2.94. The van der Waals surface area contributed by atoms with E-state index in [4.69, 9.17) is 10.5 Å². The lowest BCUT2D eigenvalue weighted by Crippen LogP contribution is -2.13. The molecule has 0 fully saturated rings. The van der Waals surface area contributed by atoms with Gasteiger partial charge in [-0.1, -0.05) is 18.2 Å². The van der Waals surface area contributed by atoms with Gasteiger partial charge in [0.1, 0.15) is 27.9 Å². The van der Waals surface area contributed by atoms with Crippen molar-refractivity contribution < 1.29 is 33.0 Å². The number of nitrogen functional groups attached to an aromatic ring is 1. The number of carbonyl (C=O) groups excluding carboxylic acids is 3. The Bertz CT molecular complexity index is 864. The normalized spacial score (nSPS) is 10.3. The molecule has 0 atom stereocenters. The molecule has 144 valence electrons. The third kappa shape index (κ3) is 4.82. The molecule has 0 aliphatic carbocycles. The van der Waals surface area contributed by atoms with Crippen molar-refractivity contribution in [3.05, 3.63) is 51.7 Å². The number of methoxy groups -OCH3 is 2. The van der Waals surface area contributed by atoms with Crippen LogP contribution in [0.5, 0.6) is 0 Å². The zero-order chi connectivity index (χ0) is 20.0. The highest BCUT2D eigenvalue weighted by molar-refractivity contribution is 7.18. The van der Waals surface area contributed by atoms with Crippen LogP contribution in [-0.2, 0) is 32.0 Å². The Balaban J connectivity index is 2.11. The van der Waals surface area contributed by atoms with Crippen LogP contribution in [-0.4, -0.2) is 32.1 Å². The molecule has 0 radical (unpaired) electrons. The van der Waals surface area contributed by atoms with Gasteiger partial charge in [-0.25, -0.2) is 14.0 Å². The fraction of sp³-hybridized carbons (Fsp3) is 0.278. The lowest BCUT2D eigenvalue weighted by atomic mass is 10.1. The van der Waals surface area contributed by atoms with E-state index in [0.717, 1.165) is 11.3 Å². The Labute approximate surface area is 158 Å². The minimum Gasteiger partial charge on any atom is -0.465 e. The fourth-order valence-electron chi connectivity index (χ4n) is 2.37. The van der Waals surface area contributed by atoms with Crippen molar-refractivity contribution in [1.82, 2.24) is 0 Å². The minimum absolute atomic E-state index is 0.0372. The number of hydrogen-bond donors (Lipinski definition) is 1. The van der Waals surface area contributed by atoms with Gasteiger partial charge in [0.15, 0.2) is 0 Å². The van der Waals surface area contributed by atoms with Crippen LogP contribution in [0.2, 0.25) is 0 Å². The second-order valence-corrected chi connectivity index (χ2v) is 6.44. The zero-order valence-electron chi connectivity index (χ0n) is 14.7. The quantitative estimate of drug-likeness (QED) is 0.568. The molecule has 0 saturated heterocycles. The highest BCUT2D eigenvalue weighted by Gasteiger charge is 2.28. The van der Waals surface area contributed by atoms with Crippen LogP contribution in [0.25, 0.3) is 0 Å². The minimum atomic E-state index is -0.753. The summed E-state index contributed by atoms with van der Waals surface area (Å²) in [5, 5.41) is 0.0552. The molecule has 2 N–H and O–H groups in total. The van der Waals surface area contributed by atoms with Crippen LogP contribution >= 0.6 is 11.3 Å². The molecular formula is C18H18FNO6S. The highest BCUT2D eigenvalue weighted by Crippen LogP contribution is 2.33. The topological polar surface area (TPSA) is 105 Å². The average molecular weight is 395 g/mol. The maximum Gasteiger partial charge on any atom is 0.348 e. The first-order valence-electron chi connectivity index (χ1n) is 7.85. The lowest BCUT2D eigenvalue weighted by molar-refractivity contribution is -0.144. The number of carbonyl (C=O) groups is 3. The molecule has 1 heterocycles. The number of nitrogens with two attached hydrogens (primary N) is 1. The predicted octanol–water partition coefficient (Wildman–Crippen LogP) is 2.72. The summed E-state index contributed by atoms with van der Waals surface area (Å²) in [6, 6.07) is 6.11. The number of thiophene rings is 1. The van der Waals surface area contributed by atoms with Gasteiger partial charge in [0.05, 0.1) is 14.2 Å². The van der Waals surface area contributed by atoms with Gasteiger partial charge in [0, 0.05) is 12.0 Å². The van der Waals surface area contributed by atoms with E-state index in [0.29, 0.717) is 5.56 Å². The van der Waals surface area contributed by atoms with E-state index < -0.39 is 23.7 Å². The maximum absolute atomic E-state index is 13.6. The standard InChI is InChI=1S/C18H18FNO6S/c1-24-17(22)14-11(15(18(23)25-2)27-16(14)20)9-26-13(21)8-7-10-5-3-4-6-12(10)19/h3-6H,7-9,20H2,1-2H3. The van der Waals surface area contributed by atoms with E-state index in [2.05, 4.69) is 9.47 Å². The van der Waals surface area contributed by atoms with Crippen molar-refractivity contribution in [2.45, 2.75) is 19.4 Å². The van der Waals surface area contributed by atoms with E-state index in [9.17, 15) is 18.8 Å². The van der Waals surface area contributed by atoms with Gasteiger partial charge in [0.2, 0.25) is 0 Å². The van der Waals surface area contributed by atoms with Gasteiger partial charge in [0.25, 0.3) is 0 Å². The van der Waals surface area contributed by atoms with Crippen LogP contribution in [0.4, 0.5) is 9.39 Å². The number of rotatable bonds is 7. The highest BCUT2D eigenvalue weighted by atomic mass is 32.1. The number of ether oxygens (including phenoxy) is 3. The number of benzene rings is 1. The van der Waals surface area contributed by atoms with Crippen LogP contribution in [0.15, 0.2) is 24.3 Å². The first-order chi connectivity index (χ1) is 12.9. The van der Waals surface area contributed by atoms with E-state index in [1.165, 1.54) is 20.3 Å². The molecule has 0 amide bonds. The summed E-state index contributed by atoms with van der Waals surface area (Å²) < 4.78 is 28.1. The molecule has 0 bridgehead atoms. The lowest BCUT2D eigenvalue weighted by Gasteiger charge is -2.08.